The van der Waals surface area contributed by atoms with Crippen molar-refractivity contribution >= 4 is 11.6 Å². The van der Waals surface area contributed by atoms with E-state index in [0.29, 0.717) is 5.65 Å². The molecule has 0 aliphatic carbocycles. The van der Waals surface area contributed by atoms with Gasteiger partial charge in [0.1, 0.15) is 5.56 Å². The van der Waals surface area contributed by atoms with Gasteiger partial charge in [0.15, 0.2) is 5.65 Å². The van der Waals surface area contributed by atoms with Gasteiger partial charge in [0.25, 0.3) is 0 Å². The van der Waals surface area contributed by atoms with E-state index in [9.17, 15) is 4.79 Å². The summed E-state index contributed by atoms with van der Waals surface area (Å²) in [6.45, 7) is 0. The molecule has 0 saturated heterocycles. The van der Waals surface area contributed by atoms with Crippen LogP contribution in [0.5, 0.6) is 0 Å². The van der Waals surface area contributed by atoms with Gasteiger partial charge in [0.05, 0.1) is 18.1 Å². The molecule has 0 aromatic carbocycles. The summed E-state index contributed by atoms with van der Waals surface area (Å²) in [6, 6.07) is 1.77. The highest BCUT2D eigenvalue weighted by Gasteiger charge is 2.15. The zero-order chi connectivity index (χ0) is 12.7. The maximum atomic E-state index is 11.0. The zero-order valence-electron chi connectivity index (χ0n) is 9.48. The predicted molar refractivity (Wildman–Crippen MR) is 62.1 cm³/mol. The van der Waals surface area contributed by atoms with Crippen molar-refractivity contribution in [1.29, 1.82) is 0 Å². The number of rotatable bonds is 2. The highest BCUT2D eigenvalue weighted by atomic mass is 16.4. The molecule has 0 atom stereocenters. The average Bonchev–Trinajstić information content (AvgIpc) is 2.94. The Morgan fingerprint density at radius 1 is 1.33 bits per heavy atom. The largest absolute Gasteiger partial charge is 0.477 e. The molecule has 3 rings (SSSR count). The van der Waals surface area contributed by atoms with Crippen molar-refractivity contribution in [2.75, 3.05) is 0 Å². The lowest BCUT2D eigenvalue weighted by atomic mass is 10.2. The molecule has 1 N–H and O–H groups in total. The van der Waals surface area contributed by atoms with Gasteiger partial charge in [0.2, 0.25) is 0 Å². The van der Waals surface area contributed by atoms with E-state index >= 15 is 0 Å². The highest BCUT2D eigenvalue weighted by Crippen LogP contribution is 2.19. The normalized spacial score (nSPS) is 10.9. The number of hydrogen-bond donors (Lipinski definition) is 1. The molecule has 0 unspecified atom stereocenters. The molecule has 90 valence electrons. The van der Waals surface area contributed by atoms with Crippen LogP contribution in [0.4, 0.5) is 0 Å². The first-order valence-corrected chi connectivity index (χ1v) is 5.22. The highest BCUT2D eigenvalue weighted by molar-refractivity contribution is 5.94. The number of nitrogens with zero attached hydrogens (tertiary/aromatic N) is 5. The van der Waals surface area contributed by atoms with Gasteiger partial charge in [-0.3, -0.25) is 4.68 Å². The third-order valence-electron chi connectivity index (χ3n) is 2.63. The summed E-state index contributed by atoms with van der Waals surface area (Å²) in [6.07, 6.45) is 6.38. The molecule has 3 aromatic heterocycles. The molecule has 0 spiro atoms. The maximum absolute atomic E-state index is 11.0. The van der Waals surface area contributed by atoms with Crippen molar-refractivity contribution in [3.8, 4) is 11.3 Å². The van der Waals surface area contributed by atoms with Crippen molar-refractivity contribution in [3.05, 3.63) is 36.4 Å². The first-order valence-electron chi connectivity index (χ1n) is 5.22. The number of aromatic nitrogens is 5. The van der Waals surface area contributed by atoms with Crippen LogP contribution >= 0.6 is 0 Å². The number of aromatic carboxylic acids is 1. The van der Waals surface area contributed by atoms with Gasteiger partial charge in [0, 0.05) is 25.0 Å². The summed E-state index contributed by atoms with van der Waals surface area (Å²) in [7, 11) is 1.81. The summed E-state index contributed by atoms with van der Waals surface area (Å²) < 4.78 is 3.17. The third kappa shape index (κ3) is 1.45. The minimum absolute atomic E-state index is 0.0840. The topological polar surface area (TPSA) is 85.3 Å². The molecule has 0 fully saturated rings. The quantitative estimate of drug-likeness (QED) is 0.720. The van der Waals surface area contributed by atoms with E-state index in [1.807, 2.05) is 13.2 Å². The molecule has 0 bridgehead atoms. The van der Waals surface area contributed by atoms with E-state index in [1.54, 1.807) is 23.1 Å². The second-order valence-electron chi connectivity index (χ2n) is 3.83. The fourth-order valence-corrected chi connectivity index (χ4v) is 1.81. The Hall–Kier alpha value is -2.70. The van der Waals surface area contributed by atoms with E-state index < -0.39 is 5.97 Å². The first-order chi connectivity index (χ1) is 8.66. The minimum atomic E-state index is -1.04. The molecular weight excluding hydrogens is 234 g/mol. The van der Waals surface area contributed by atoms with Gasteiger partial charge < -0.3 is 5.11 Å². The molecular formula is C11H9N5O2. The lowest BCUT2D eigenvalue weighted by Crippen LogP contribution is -1.99. The van der Waals surface area contributed by atoms with Crippen LogP contribution < -0.4 is 0 Å². The summed E-state index contributed by atoms with van der Waals surface area (Å²) in [5.41, 5.74) is 2.01. The van der Waals surface area contributed by atoms with E-state index in [4.69, 9.17) is 5.11 Å². The summed E-state index contributed by atoms with van der Waals surface area (Å²) in [5, 5.41) is 17.2. The smallest absolute Gasteiger partial charge is 0.341 e. The van der Waals surface area contributed by atoms with E-state index in [0.717, 1.165) is 11.3 Å². The predicted octanol–water partition coefficient (Wildman–Crippen LogP) is 0.828. The first kappa shape index (κ1) is 10.5. The van der Waals surface area contributed by atoms with Crippen molar-refractivity contribution in [1.82, 2.24) is 24.4 Å². The fourth-order valence-electron chi connectivity index (χ4n) is 1.81. The van der Waals surface area contributed by atoms with Crippen LogP contribution in [0.1, 0.15) is 10.4 Å². The van der Waals surface area contributed by atoms with Crippen LogP contribution in [0.25, 0.3) is 16.9 Å². The summed E-state index contributed by atoms with van der Waals surface area (Å²) in [5.74, 6) is -1.04. The Bertz CT molecular complexity index is 743. The van der Waals surface area contributed by atoms with Crippen LogP contribution in [0.2, 0.25) is 0 Å². The molecule has 0 aliphatic heterocycles. The van der Waals surface area contributed by atoms with Crippen LogP contribution in [0, 0.1) is 0 Å². The lowest BCUT2D eigenvalue weighted by Gasteiger charge is -2.01. The Morgan fingerprint density at radius 3 is 2.83 bits per heavy atom. The van der Waals surface area contributed by atoms with Crippen molar-refractivity contribution in [2.45, 2.75) is 0 Å². The van der Waals surface area contributed by atoms with Gasteiger partial charge in [-0.05, 0) is 6.07 Å². The molecule has 7 nitrogen and oxygen atoms in total. The Morgan fingerprint density at radius 2 is 2.17 bits per heavy atom. The minimum Gasteiger partial charge on any atom is -0.477 e. The number of carboxylic acid groups (broad SMARTS) is 1. The summed E-state index contributed by atoms with van der Waals surface area (Å²) >= 11 is 0. The Kier molecular flexibility index (Phi) is 2.12. The molecule has 0 saturated carbocycles. The van der Waals surface area contributed by atoms with E-state index in [1.165, 1.54) is 10.7 Å². The zero-order valence-corrected chi connectivity index (χ0v) is 9.48. The van der Waals surface area contributed by atoms with Crippen LogP contribution in [0.15, 0.2) is 30.9 Å². The molecule has 0 radical (unpaired) electrons. The monoisotopic (exact) mass is 243 g/mol. The van der Waals surface area contributed by atoms with Crippen molar-refractivity contribution < 1.29 is 9.90 Å². The Balaban J connectivity index is 2.28. The average molecular weight is 243 g/mol. The van der Waals surface area contributed by atoms with Crippen LogP contribution in [-0.4, -0.2) is 35.5 Å². The van der Waals surface area contributed by atoms with Crippen molar-refractivity contribution in [2.24, 2.45) is 7.05 Å². The van der Waals surface area contributed by atoms with Gasteiger partial charge in [-0.1, -0.05) is 0 Å². The molecule has 3 heterocycles. The second kappa shape index (κ2) is 3.66. The number of carboxylic acids is 1. The third-order valence-corrected chi connectivity index (χ3v) is 2.63. The molecule has 3 aromatic rings. The number of fused-ring (bicyclic) bond motifs is 1. The second-order valence-corrected chi connectivity index (χ2v) is 3.83. The molecule has 0 amide bonds. The van der Waals surface area contributed by atoms with Gasteiger partial charge in [-0.25, -0.2) is 14.3 Å². The van der Waals surface area contributed by atoms with Crippen LogP contribution in [0.3, 0.4) is 0 Å². The van der Waals surface area contributed by atoms with Gasteiger partial charge >= 0.3 is 5.97 Å². The van der Waals surface area contributed by atoms with Gasteiger partial charge in [-0.15, -0.1) is 0 Å². The van der Waals surface area contributed by atoms with E-state index in [-0.39, 0.29) is 5.56 Å². The van der Waals surface area contributed by atoms with Crippen LogP contribution in [-0.2, 0) is 7.05 Å². The standard InChI is InChI=1S/C11H9N5O2/c1-15-6-7(4-13-15)9-2-3-12-10-8(11(17)18)5-14-16(9)10/h2-6H,1H3,(H,17,18). The number of aryl methyl sites for hydroxylation is 1. The summed E-state index contributed by atoms with van der Waals surface area (Å²) in [4.78, 5) is 15.1. The van der Waals surface area contributed by atoms with Gasteiger partial charge in [-0.2, -0.15) is 10.2 Å². The SMILES string of the molecule is Cn1cc(-c2ccnc3c(C(=O)O)cnn23)cn1. The molecule has 7 heteroatoms. The fraction of sp³-hybridized carbons (Fsp3) is 0.0909. The molecule has 18 heavy (non-hydrogen) atoms. The Labute approximate surface area is 101 Å². The number of hydrogen-bond acceptors (Lipinski definition) is 4. The lowest BCUT2D eigenvalue weighted by molar-refractivity contribution is 0.0699. The maximum Gasteiger partial charge on any atom is 0.341 e. The number of carbonyl (C=O) groups is 1. The molecule has 0 aliphatic rings. The van der Waals surface area contributed by atoms with E-state index in [2.05, 4.69) is 15.2 Å². The van der Waals surface area contributed by atoms with Crippen molar-refractivity contribution in [3.63, 3.8) is 0 Å².